The Hall–Kier alpha value is -3.00. The maximum atomic E-state index is 12.7. The first-order chi connectivity index (χ1) is 15.4. The summed E-state index contributed by atoms with van der Waals surface area (Å²) < 4.78 is 21.6. The molecular formula is C24H32N2O6. The van der Waals surface area contributed by atoms with Crippen LogP contribution in [0.2, 0.25) is 0 Å². The highest BCUT2D eigenvalue weighted by atomic mass is 16.5. The van der Waals surface area contributed by atoms with Crippen molar-refractivity contribution in [2.75, 3.05) is 47.6 Å². The van der Waals surface area contributed by atoms with E-state index in [4.69, 9.17) is 18.9 Å². The van der Waals surface area contributed by atoms with E-state index < -0.39 is 17.9 Å². The molecule has 0 unspecified atom stereocenters. The van der Waals surface area contributed by atoms with Gasteiger partial charge in [0.05, 0.1) is 38.4 Å². The molecule has 8 nitrogen and oxygen atoms in total. The van der Waals surface area contributed by atoms with Gasteiger partial charge in [0, 0.05) is 17.9 Å². The predicted molar refractivity (Wildman–Crippen MR) is 119 cm³/mol. The van der Waals surface area contributed by atoms with Gasteiger partial charge in [0.1, 0.15) is 6.61 Å². The number of allylic oxidation sites excluding steroid dienone is 2. The number of nitrogens with one attached hydrogen (secondary N) is 1. The van der Waals surface area contributed by atoms with Crippen molar-refractivity contribution in [3.05, 3.63) is 46.3 Å². The number of methoxy groups -OCH3 is 3. The average Bonchev–Trinajstić information content (AvgIpc) is 3.31. The topological polar surface area (TPSA) is 86.3 Å². The van der Waals surface area contributed by atoms with E-state index in [1.165, 1.54) is 27.1 Å². The van der Waals surface area contributed by atoms with E-state index >= 15 is 0 Å². The molecule has 3 rings (SSSR count). The normalized spacial score (nSPS) is 17.3. The van der Waals surface area contributed by atoms with Crippen LogP contribution in [0.5, 0.6) is 11.5 Å². The lowest BCUT2D eigenvalue weighted by Crippen LogP contribution is -2.32. The van der Waals surface area contributed by atoms with Gasteiger partial charge in [-0.15, -0.1) is 0 Å². The van der Waals surface area contributed by atoms with Crippen molar-refractivity contribution < 1.29 is 28.5 Å². The number of esters is 2. The number of dihydropyridines is 1. The van der Waals surface area contributed by atoms with Gasteiger partial charge < -0.3 is 24.3 Å². The Morgan fingerprint density at radius 2 is 1.56 bits per heavy atom. The summed E-state index contributed by atoms with van der Waals surface area (Å²) in [6.45, 7) is 7.20. The SMILES string of the molecule is COC(=O)C1=C(C)NC(C)=C(C(=O)OC)C1c1ccc(OCCN2CCCC2)c(OC)c1. The van der Waals surface area contributed by atoms with Crippen LogP contribution in [-0.4, -0.2) is 64.4 Å². The Bertz CT molecular complexity index is 892. The molecule has 0 spiro atoms. The zero-order valence-corrected chi connectivity index (χ0v) is 19.4. The molecular weight excluding hydrogens is 412 g/mol. The van der Waals surface area contributed by atoms with Gasteiger partial charge in [0.25, 0.3) is 0 Å². The van der Waals surface area contributed by atoms with Crippen molar-refractivity contribution in [1.82, 2.24) is 10.2 Å². The summed E-state index contributed by atoms with van der Waals surface area (Å²) in [5.74, 6) is -0.544. The van der Waals surface area contributed by atoms with Crippen LogP contribution in [-0.2, 0) is 19.1 Å². The summed E-state index contributed by atoms with van der Waals surface area (Å²) in [6, 6.07) is 5.46. The number of rotatable bonds is 8. The molecule has 2 aliphatic rings. The monoisotopic (exact) mass is 444 g/mol. The minimum absolute atomic E-state index is 0.350. The summed E-state index contributed by atoms with van der Waals surface area (Å²) >= 11 is 0. The van der Waals surface area contributed by atoms with Crippen molar-refractivity contribution >= 4 is 11.9 Å². The highest BCUT2D eigenvalue weighted by Gasteiger charge is 2.38. The molecule has 2 heterocycles. The third-order valence-electron chi connectivity index (χ3n) is 5.96. The minimum Gasteiger partial charge on any atom is -0.493 e. The Morgan fingerprint density at radius 3 is 2.09 bits per heavy atom. The van der Waals surface area contributed by atoms with Gasteiger partial charge in [-0.2, -0.15) is 0 Å². The van der Waals surface area contributed by atoms with E-state index in [0.717, 1.165) is 19.6 Å². The lowest BCUT2D eigenvalue weighted by molar-refractivity contribution is -0.137. The van der Waals surface area contributed by atoms with Gasteiger partial charge in [-0.05, 0) is 57.5 Å². The van der Waals surface area contributed by atoms with Crippen LogP contribution in [0.15, 0.2) is 40.7 Å². The lowest BCUT2D eigenvalue weighted by Gasteiger charge is -2.30. The quantitative estimate of drug-likeness (QED) is 0.613. The van der Waals surface area contributed by atoms with Crippen molar-refractivity contribution in [3.63, 3.8) is 0 Å². The van der Waals surface area contributed by atoms with Crippen LogP contribution < -0.4 is 14.8 Å². The number of carbonyl (C=O) groups is 2. The third kappa shape index (κ3) is 4.91. The number of carbonyl (C=O) groups excluding carboxylic acids is 2. The first-order valence-electron chi connectivity index (χ1n) is 10.8. The summed E-state index contributed by atoms with van der Waals surface area (Å²) in [7, 11) is 4.21. The fourth-order valence-corrected chi connectivity index (χ4v) is 4.36. The Morgan fingerprint density at radius 1 is 0.969 bits per heavy atom. The van der Waals surface area contributed by atoms with E-state index in [1.807, 2.05) is 12.1 Å². The molecule has 2 aliphatic heterocycles. The summed E-state index contributed by atoms with van der Waals surface area (Å²) in [6.07, 6.45) is 2.47. The Labute approximate surface area is 189 Å². The van der Waals surface area contributed by atoms with Crippen molar-refractivity contribution in [1.29, 1.82) is 0 Å². The molecule has 0 bridgehead atoms. The van der Waals surface area contributed by atoms with E-state index in [1.54, 1.807) is 27.0 Å². The van der Waals surface area contributed by atoms with E-state index in [0.29, 0.717) is 46.2 Å². The predicted octanol–water partition coefficient (Wildman–Crippen LogP) is 2.75. The molecule has 8 heteroatoms. The molecule has 0 aromatic heterocycles. The lowest BCUT2D eigenvalue weighted by atomic mass is 9.80. The molecule has 1 aromatic carbocycles. The molecule has 0 atom stereocenters. The van der Waals surface area contributed by atoms with Crippen molar-refractivity contribution in [3.8, 4) is 11.5 Å². The molecule has 0 saturated carbocycles. The first-order valence-corrected chi connectivity index (χ1v) is 10.8. The standard InChI is InChI=1S/C24H32N2O6/c1-15-20(23(27)30-4)22(21(16(2)25-15)24(28)31-5)17-8-9-18(19(14-17)29-3)32-13-12-26-10-6-7-11-26/h8-9,14,22,25H,6-7,10-13H2,1-5H3. The third-order valence-corrected chi connectivity index (χ3v) is 5.96. The first kappa shape index (κ1) is 23.7. The highest BCUT2D eigenvalue weighted by Crippen LogP contribution is 2.41. The van der Waals surface area contributed by atoms with E-state index in [9.17, 15) is 9.59 Å². The molecule has 0 radical (unpaired) electrons. The van der Waals surface area contributed by atoms with Gasteiger partial charge in [-0.3, -0.25) is 4.90 Å². The zero-order chi connectivity index (χ0) is 23.3. The maximum absolute atomic E-state index is 12.7. The molecule has 174 valence electrons. The van der Waals surface area contributed by atoms with Crippen LogP contribution in [0.4, 0.5) is 0 Å². The molecule has 1 N–H and O–H groups in total. The smallest absolute Gasteiger partial charge is 0.336 e. The summed E-state index contributed by atoms with van der Waals surface area (Å²) in [5.41, 5.74) is 2.65. The fraction of sp³-hybridized carbons (Fsp3) is 0.500. The van der Waals surface area contributed by atoms with Crippen LogP contribution in [0.1, 0.15) is 38.2 Å². The molecule has 1 fully saturated rings. The fourth-order valence-electron chi connectivity index (χ4n) is 4.36. The second kappa shape index (κ2) is 10.5. The number of nitrogens with zero attached hydrogens (tertiary/aromatic N) is 1. The number of benzene rings is 1. The van der Waals surface area contributed by atoms with Crippen LogP contribution in [0, 0.1) is 0 Å². The molecule has 0 amide bonds. The summed E-state index contributed by atoms with van der Waals surface area (Å²) in [4.78, 5) is 27.7. The Kier molecular flexibility index (Phi) is 7.80. The largest absolute Gasteiger partial charge is 0.493 e. The highest BCUT2D eigenvalue weighted by molar-refractivity contribution is 5.99. The van der Waals surface area contributed by atoms with Gasteiger partial charge in [-0.25, -0.2) is 9.59 Å². The van der Waals surface area contributed by atoms with Crippen molar-refractivity contribution in [2.45, 2.75) is 32.6 Å². The Balaban J connectivity index is 1.94. The second-order valence-corrected chi connectivity index (χ2v) is 7.93. The number of hydrogen-bond acceptors (Lipinski definition) is 8. The van der Waals surface area contributed by atoms with E-state index in [2.05, 4.69) is 10.2 Å². The molecule has 1 saturated heterocycles. The summed E-state index contributed by atoms with van der Waals surface area (Å²) in [5, 5.41) is 3.10. The van der Waals surface area contributed by atoms with Gasteiger partial charge in [0.2, 0.25) is 0 Å². The average molecular weight is 445 g/mol. The number of ether oxygens (including phenoxy) is 4. The van der Waals surface area contributed by atoms with Gasteiger partial charge in [0.15, 0.2) is 11.5 Å². The van der Waals surface area contributed by atoms with E-state index in [-0.39, 0.29) is 0 Å². The molecule has 0 aliphatic carbocycles. The molecule has 1 aromatic rings. The number of hydrogen-bond donors (Lipinski definition) is 1. The van der Waals surface area contributed by atoms with Gasteiger partial charge >= 0.3 is 11.9 Å². The number of likely N-dealkylation sites (tertiary alicyclic amines) is 1. The van der Waals surface area contributed by atoms with Crippen LogP contribution >= 0.6 is 0 Å². The maximum Gasteiger partial charge on any atom is 0.336 e. The minimum atomic E-state index is -0.663. The zero-order valence-electron chi connectivity index (χ0n) is 19.4. The van der Waals surface area contributed by atoms with Crippen LogP contribution in [0.25, 0.3) is 0 Å². The second-order valence-electron chi connectivity index (χ2n) is 7.93. The van der Waals surface area contributed by atoms with Crippen molar-refractivity contribution in [2.24, 2.45) is 0 Å². The van der Waals surface area contributed by atoms with Gasteiger partial charge in [-0.1, -0.05) is 6.07 Å². The molecule has 32 heavy (non-hydrogen) atoms. The van der Waals surface area contributed by atoms with Crippen LogP contribution in [0.3, 0.4) is 0 Å².